The molecule has 3 aromatic heterocycles. The van der Waals surface area contributed by atoms with Crippen LogP contribution in [0.1, 0.15) is 0 Å². The van der Waals surface area contributed by atoms with E-state index in [1.807, 2.05) is 0 Å². The summed E-state index contributed by atoms with van der Waals surface area (Å²) in [4.78, 5) is 0. The Balaban J connectivity index is 1.19. The van der Waals surface area contributed by atoms with Gasteiger partial charge >= 0.3 is 0 Å². The van der Waals surface area contributed by atoms with Gasteiger partial charge in [0.05, 0.1) is 33.1 Å². The van der Waals surface area contributed by atoms with Crippen LogP contribution in [0, 0.1) is 0 Å². The van der Waals surface area contributed by atoms with Crippen LogP contribution in [-0.4, -0.2) is 9.13 Å². The number of hydrogen-bond donors (Lipinski definition) is 0. The summed E-state index contributed by atoms with van der Waals surface area (Å²) in [7, 11) is 0. The molecule has 0 saturated heterocycles. The number of hydrogen-bond acceptors (Lipinski definition) is 1. The highest BCUT2D eigenvalue weighted by molar-refractivity contribution is 6.33. The van der Waals surface area contributed by atoms with Crippen molar-refractivity contribution in [1.29, 1.82) is 0 Å². The third-order valence-corrected chi connectivity index (χ3v) is 12.0. The SMILES string of the molecule is c1ccc(-c2cccc(-n3c4ccc5c(c6ccccc6n5-c5ccc6c7c(cccc57)-c5ccccc5-6)c4c4ccc5oc6ccccc6c5c43)c2)cc1. The molecule has 12 aromatic rings. The summed E-state index contributed by atoms with van der Waals surface area (Å²) >= 11 is 0. The second kappa shape index (κ2) is 10.6. The van der Waals surface area contributed by atoms with Crippen molar-refractivity contribution in [2.45, 2.75) is 0 Å². The Labute approximate surface area is 315 Å². The minimum Gasteiger partial charge on any atom is -0.456 e. The average Bonchev–Trinajstić information content (AvgIpc) is 3.98. The molecule has 0 atom stereocenters. The summed E-state index contributed by atoms with van der Waals surface area (Å²) in [5.74, 6) is 0. The van der Waals surface area contributed by atoms with Gasteiger partial charge in [-0.3, -0.25) is 0 Å². The first-order valence-corrected chi connectivity index (χ1v) is 18.9. The zero-order valence-corrected chi connectivity index (χ0v) is 29.6. The second-order valence-corrected chi connectivity index (χ2v) is 14.8. The zero-order valence-electron chi connectivity index (χ0n) is 29.6. The van der Waals surface area contributed by atoms with E-state index in [1.54, 1.807) is 0 Å². The van der Waals surface area contributed by atoms with E-state index in [9.17, 15) is 0 Å². The topological polar surface area (TPSA) is 23.0 Å². The smallest absolute Gasteiger partial charge is 0.137 e. The lowest BCUT2D eigenvalue weighted by molar-refractivity contribution is 0.669. The maximum Gasteiger partial charge on any atom is 0.137 e. The van der Waals surface area contributed by atoms with E-state index in [-0.39, 0.29) is 0 Å². The van der Waals surface area contributed by atoms with Crippen LogP contribution in [0.25, 0.3) is 121 Å². The van der Waals surface area contributed by atoms with Gasteiger partial charge in [0.1, 0.15) is 11.2 Å². The Kier molecular flexibility index (Phi) is 5.63. The molecule has 3 heterocycles. The van der Waals surface area contributed by atoms with Crippen LogP contribution in [0.2, 0.25) is 0 Å². The number of fused-ring (bicyclic) bond motifs is 14. The number of benzene rings is 9. The molecule has 1 aliphatic rings. The summed E-state index contributed by atoms with van der Waals surface area (Å²) in [5.41, 5.74) is 16.5. The fourth-order valence-corrected chi connectivity index (χ4v) is 9.83. The normalized spacial score (nSPS) is 12.4. The molecule has 0 saturated carbocycles. The predicted octanol–water partition coefficient (Wildman–Crippen LogP) is 14.2. The summed E-state index contributed by atoms with van der Waals surface area (Å²) in [6.07, 6.45) is 0. The van der Waals surface area contributed by atoms with Crippen molar-refractivity contribution in [1.82, 2.24) is 9.13 Å². The lowest BCUT2D eigenvalue weighted by atomic mass is 10.0. The molecule has 0 bridgehead atoms. The van der Waals surface area contributed by atoms with Gasteiger partial charge in [0.25, 0.3) is 0 Å². The van der Waals surface area contributed by atoms with Crippen molar-refractivity contribution in [3.63, 3.8) is 0 Å². The van der Waals surface area contributed by atoms with E-state index in [0.29, 0.717) is 0 Å². The zero-order chi connectivity index (χ0) is 35.8. The van der Waals surface area contributed by atoms with Crippen molar-refractivity contribution in [3.05, 3.63) is 182 Å². The van der Waals surface area contributed by atoms with E-state index in [0.717, 1.165) is 33.1 Å². The number of aromatic nitrogens is 2. The summed E-state index contributed by atoms with van der Waals surface area (Å²) < 4.78 is 11.5. The molecule has 3 heteroatoms. The molecule has 0 N–H and O–H groups in total. The molecule has 0 fully saturated rings. The van der Waals surface area contributed by atoms with Gasteiger partial charge in [-0.25, -0.2) is 0 Å². The Hall–Kier alpha value is -7.36. The van der Waals surface area contributed by atoms with Crippen LogP contribution in [-0.2, 0) is 0 Å². The average molecular weight is 699 g/mol. The van der Waals surface area contributed by atoms with Crippen LogP contribution in [0.3, 0.4) is 0 Å². The van der Waals surface area contributed by atoms with E-state index in [1.165, 1.54) is 87.9 Å². The summed E-state index contributed by atoms with van der Waals surface area (Å²) in [6, 6.07) is 66.4. The quantitative estimate of drug-likeness (QED) is 0.180. The summed E-state index contributed by atoms with van der Waals surface area (Å²) in [5, 5.41) is 9.82. The Bertz CT molecular complexity index is 3570. The van der Waals surface area contributed by atoms with Crippen molar-refractivity contribution in [2.24, 2.45) is 0 Å². The Morgan fingerprint density at radius 2 is 0.982 bits per heavy atom. The molecule has 3 nitrogen and oxygen atoms in total. The number of nitrogens with zero attached hydrogens (tertiary/aromatic N) is 2. The highest BCUT2D eigenvalue weighted by atomic mass is 16.3. The lowest BCUT2D eigenvalue weighted by Gasteiger charge is -2.14. The van der Waals surface area contributed by atoms with Crippen molar-refractivity contribution >= 4 is 76.3 Å². The van der Waals surface area contributed by atoms with E-state index < -0.39 is 0 Å². The second-order valence-electron chi connectivity index (χ2n) is 14.8. The number of furan rings is 1. The highest BCUT2D eigenvalue weighted by Gasteiger charge is 2.26. The fourth-order valence-electron chi connectivity index (χ4n) is 9.83. The van der Waals surface area contributed by atoms with Crippen LogP contribution >= 0.6 is 0 Å². The standard InChI is InChI=1S/C52H30N2O/c1-2-12-31(13-3-1)32-14-10-15-33(30-32)53-44-27-28-45-49(50(44)41-25-29-47-51(52(41)53)40-19-7-9-23-46(40)55-47)39-18-6-8-22-42(39)54(45)43-26-24-37-35-17-5-4-16-34(35)36-20-11-21-38(43)48(36)37/h1-30H. The Morgan fingerprint density at radius 1 is 0.327 bits per heavy atom. The molecule has 0 aliphatic heterocycles. The van der Waals surface area contributed by atoms with Gasteiger partial charge in [0.15, 0.2) is 0 Å². The maximum atomic E-state index is 6.53. The monoisotopic (exact) mass is 698 g/mol. The van der Waals surface area contributed by atoms with E-state index in [2.05, 4.69) is 191 Å². The van der Waals surface area contributed by atoms with Crippen molar-refractivity contribution in [3.8, 4) is 44.8 Å². The molecular weight excluding hydrogens is 669 g/mol. The van der Waals surface area contributed by atoms with Gasteiger partial charge in [-0.2, -0.15) is 0 Å². The molecular formula is C52H30N2O. The molecule has 0 unspecified atom stereocenters. The van der Waals surface area contributed by atoms with Gasteiger partial charge in [-0.05, 0) is 93.4 Å². The van der Waals surface area contributed by atoms with Gasteiger partial charge in [0.2, 0.25) is 0 Å². The molecule has 9 aromatic carbocycles. The van der Waals surface area contributed by atoms with Crippen LogP contribution in [0.4, 0.5) is 0 Å². The minimum absolute atomic E-state index is 0.893. The first-order chi connectivity index (χ1) is 27.3. The van der Waals surface area contributed by atoms with Crippen LogP contribution in [0.5, 0.6) is 0 Å². The van der Waals surface area contributed by atoms with Crippen molar-refractivity contribution in [2.75, 3.05) is 0 Å². The maximum absolute atomic E-state index is 6.53. The van der Waals surface area contributed by atoms with Crippen LogP contribution in [0.15, 0.2) is 186 Å². The minimum atomic E-state index is 0.893. The third-order valence-electron chi connectivity index (χ3n) is 12.0. The van der Waals surface area contributed by atoms with Gasteiger partial charge in [0, 0.05) is 38.0 Å². The molecule has 0 radical (unpaired) electrons. The highest BCUT2D eigenvalue weighted by Crippen LogP contribution is 2.50. The van der Waals surface area contributed by atoms with Crippen LogP contribution < -0.4 is 0 Å². The lowest BCUT2D eigenvalue weighted by Crippen LogP contribution is -1.96. The molecule has 1 aliphatic carbocycles. The van der Waals surface area contributed by atoms with E-state index in [4.69, 9.17) is 4.42 Å². The largest absolute Gasteiger partial charge is 0.456 e. The molecule has 13 rings (SSSR count). The molecule has 55 heavy (non-hydrogen) atoms. The fraction of sp³-hybridized carbons (Fsp3) is 0. The van der Waals surface area contributed by atoms with Gasteiger partial charge in [-0.1, -0.05) is 127 Å². The third kappa shape index (κ3) is 3.79. The van der Waals surface area contributed by atoms with Crippen molar-refractivity contribution < 1.29 is 4.42 Å². The first-order valence-electron chi connectivity index (χ1n) is 18.9. The molecule has 0 spiro atoms. The Morgan fingerprint density at radius 3 is 1.85 bits per heavy atom. The summed E-state index contributed by atoms with van der Waals surface area (Å²) in [6.45, 7) is 0. The van der Waals surface area contributed by atoms with Gasteiger partial charge in [-0.15, -0.1) is 0 Å². The predicted molar refractivity (Wildman–Crippen MR) is 230 cm³/mol. The van der Waals surface area contributed by atoms with E-state index >= 15 is 0 Å². The van der Waals surface area contributed by atoms with Gasteiger partial charge < -0.3 is 13.6 Å². The number of rotatable bonds is 3. The first kappa shape index (κ1) is 29.1. The molecule has 0 amide bonds. The molecule has 254 valence electrons. The number of para-hydroxylation sites is 2.